The Morgan fingerprint density at radius 3 is 2.00 bits per heavy atom. The number of rotatable bonds is 3. The van der Waals surface area contributed by atoms with E-state index in [0.29, 0.717) is 23.2 Å². The molecule has 5 nitrogen and oxygen atoms in total. The van der Waals surface area contributed by atoms with Crippen molar-refractivity contribution in [2.45, 2.75) is 0 Å². The third kappa shape index (κ3) is 3.72. The highest BCUT2D eigenvalue weighted by atomic mass is 16.3. The Morgan fingerprint density at radius 1 is 0.442 bits per heavy atom. The van der Waals surface area contributed by atoms with Crippen molar-refractivity contribution in [2.75, 3.05) is 0 Å². The van der Waals surface area contributed by atoms with Gasteiger partial charge in [0.25, 0.3) is 0 Å². The van der Waals surface area contributed by atoms with Crippen molar-refractivity contribution >= 4 is 54.4 Å². The van der Waals surface area contributed by atoms with Gasteiger partial charge >= 0.3 is 0 Å². The van der Waals surface area contributed by atoms with Gasteiger partial charge < -0.3 is 4.42 Å². The molecule has 0 aliphatic heterocycles. The largest absolute Gasteiger partial charge is 0.438 e. The molecule has 0 bridgehead atoms. The summed E-state index contributed by atoms with van der Waals surface area (Å²) >= 11 is 0. The predicted molar refractivity (Wildman–Crippen MR) is 174 cm³/mol. The Kier molecular flexibility index (Phi) is 5.13. The molecule has 0 saturated heterocycles. The van der Waals surface area contributed by atoms with Crippen molar-refractivity contribution in [2.24, 2.45) is 0 Å². The van der Waals surface area contributed by atoms with E-state index < -0.39 is 0 Å². The summed E-state index contributed by atoms with van der Waals surface area (Å²) < 4.78 is 6.11. The molecular weight excluding hydrogens is 528 g/mol. The maximum Gasteiger partial charge on any atom is 0.227 e. The van der Waals surface area contributed by atoms with Gasteiger partial charge in [0.05, 0.1) is 0 Å². The van der Waals surface area contributed by atoms with Gasteiger partial charge in [0.15, 0.2) is 17.5 Å². The van der Waals surface area contributed by atoms with Crippen LogP contribution in [-0.4, -0.2) is 19.9 Å². The van der Waals surface area contributed by atoms with Gasteiger partial charge in [-0.1, -0.05) is 103 Å². The predicted octanol–water partition coefficient (Wildman–Crippen LogP) is 9.63. The SMILES string of the molecule is c1ccc(-c2nc(-c3cc4ccccc4c4c3ccc3ccccc34)nc(-c3cccc4oc5ncccc5c34)n2)cc1. The smallest absolute Gasteiger partial charge is 0.227 e. The van der Waals surface area contributed by atoms with Gasteiger partial charge in [0.1, 0.15) is 5.58 Å². The van der Waals surface area contributed by atoms with E-state index in [-0.39, 0.29) is 0 Å². The zero-order valence-corrected chi connectivity index (χ0v) is 22.9. The van der Waals surface area contributed by atoms with Gasteiger partial charge in [-0.25, -0.2) is 19.9 Å². The number of furan rings is 1. The second-order valence-electron chi connectivity index (χ2n) is 10.7. The van der Waals surface area contributed by atoms with E-state index in [4.69, 9.17) is 19.4 Å². The van der Waals surface area contributed by atoms with E-state index in [1.807, 2.05) is 60.7 Å². The quantitative estimate of drug-likeness (QED) is 0.205. The van der Waals surface area contributed by atoms with Crippen molar-refractivity contribution in [1.82, 2.24) is 19.9 Å². The van der Waals surface area contributed by atoms with E-state index in [1.165, 1.54) is 21.5 Å². The first-order valence-electron chi connectivity index (χ1n) is 14.2. The number of nitrogens with zero attached hydrogens (tertiary/aromatic N) is 4. The van der Waals surface area contributed by atoms with Gasteiger partial charge in [-0.2, -0.15) is 0 Å². The van der Waals surface area contributed by atoms with Crippen molar-refractivity contribution in [3.63, 3.8) is 0 Å². The van der Waals surface area contributed by atoms with Crippen molar-refractivity contribution in [3.8, 4) is 34.2 Å². The molecule has 3 aromatic heterocycles. The fraction of sp³-hybridized carbons (Fsp3) is 0. The lowest BCUT2D eigenvalue weighted by Gasteiger charge is -2.14. The van der Waals surface area contributed by atoms with E-state index >= 15 is 0 Å². The molecule has 9 aromatic rings. The Labute approximate surface area is 246 Å². The fourth-order valence-electron chi connectivity index (χ4n) is 6.24. The van der Waals surface area contributed by atoms with Crippen LogP contribution >= 0.6 is 0 Å². The van der Waals surface area contributed by atoms with E-state index in [9.17, 15) is 0 Å². The first-order valence-corrected chi connectivity index (χ1v) is 14.2. The lowest BCUT2D eigenvalue weighted by molar-refractivity contribution is 0.654. The van der Waals surface area contributed by atoms with Crippen LogP contribution in [0.2, 0.25) is 0 Å². The van der Waals surface area contributed by atoms with Gasteiger partial charge in [-0.3, -0.25) is 0 Å². The number of hydrogen-bond acceptors (Lipinski definition) is 5. The van der Waals surface area contributed by atoms with Crippen LogP contribution < -0.4 is 0 Å². The Hall–Kier alpha value is -5.94. The van der Waals surface area contributed by atoms with Crippen LogP contribution in [0.1, 0.15) is 0 Å². The molecule has 5 heteroatoms. The zero-order chi connectivity index (χ0) is 28.3. The Morgan fingerprint density at radius 2 is 1.14 bits per heavy atom. The van der Waals surface area contributed by atoms with Gasteiger partial charge in [0.2, 0.25) is 5.71 Å². The van der Waals surface area contributed by atoms with Crippen LogP contribution in [0.3, 0.4) is 0 Å². The highest BCUT2D eigenvalue weighted by molar-refractivity contribution is 6.23. The van der Waals surface area contributed by atoms with Crippen LogP contribution in [0, 0.1) is 0 Å². The molecule has 200 valence electrons. The number of aromatic nitrogens is 4. The number of pyridine rings is 1. The summed E-state index contributed by atoms with van der Waals surface area (Å²) in [4.78, 5) is 19.8. The van der Waals surface area contributed by atoms with Gasteiger partial charge in [-0.05, 0) is 56.6 Å². The van der Waals surface area contributed by atoms with Crippen LogP contribution in [0.4, 0.5) is 0 Å². The lowest BCUT2D eigenvalue weighted by Crippen LogP contribution is -2.01. The molecule has 6 aromatic carbocycles. The maximum atomic E-state index is 6.11. The Bertz CT molecular complexity index is 2500. The fourth-order valence-corrected chi connectivity index (χ4v) is 6.24. The first kappa shape index (κ1) is 23.7. The highest BCUT2D eigenvalue weighted by Gasteiger charge is 2.20. The molecule has 0 aliphatic carbocycles. The summed E-state index contributed by atoms with van der Waals surface area (Å²) in [7, 11) is 0. The first-order chi connectivity index (χ1) is 21.3. The molecule has 0 N–H and O–H groups in total. The standard InChI is InChI=1S/C38H22N4O/c1-2-11-24(12-3-1)35-40-36(29-16-8-18-32-34(29)30-17-9-21-39-38(30)43-32)42-37(41-35)31-22-25-13-5-7-15-27(25)33-26-14-6-4-10-23(26)19-20-28(31)33/h1-22H. The molecule has 0 atom stereocenters. The van der Waals surface area contributed by atoms with Gasteiger partial charge in [0, 0.05) is 33.7 Å². The highest BCUT2D eigenvalue weighted by Crippen LogP contribution is 2.40. The third-order valence-corrected chi connectivity index (χ3v) is 8.17. The summed E-state index contributed by atoms with van der Waals surface area (Å²) in [5.41, 5.74) is 4.10. The van der Waals surface area contributed by atoms with E-state index in [0.717, 1.165) is 43.8 Å². The second kappa shape index (κ2) is 9.29. The van der Waals surface area contributed by atoms with Crippen LogP contribution in [0.15, 0.2) is 138 Å². The summed E-state index contributed by atoms with van der Waals surface area (Å²) in [6.07, 6.45) is 1.74. The molecule has 43 heavy (non-hydrogen) atoms. The van der Waals surface area contributed by atoms with E-state index in [2.05, 4.69) is 71.7 Å². The molecular formula is C38H22N4O. The molecule has 9 rings (SSSR count). The number of benzene rings is 6. The maximum absolute atomic E-state index is 6.11. The topological polar surface area (TPSA) is 64.7 Å². The molecule has 3 heterocycles. The number of hydrogen-bond donors (Lipinski definition) is 0. The molecule has 0 spiro atoms. The second-order valence-corrected chi connectivity index (χ2v) is 10.7. The molecule has 0 amide bonds. The van der Waals surface area contributed by atoms with Crippen molar-refractivity contribution in [3.05, 3.63) is 134 Å². The minimum atomic E-state index is 0.586. The lowest BCUT2D eigenvalue weighted by atomic mass is 9.92. The summed E-state index contributed by atoms with van der Waals surface area (Å²) in [6.45, 7) is 0. The van der Waals surface area contributed by atoms with Crippen molar-refractivity contribution in [1.29, 1.82) is 0 Å². The normalized spacial score (nSPS) is 11.7. The average Bonchev–Trinajstić information content (AvgIpc) is 3.47. The third-order valence-electron chi connectivity index (χ3n) is 8.17. The molecule has 0 fully saturated rings. The summed E-state index contributed by atoms with van der Waals surface area (Å²) in [5.74, 6) is 1.83. The van der Waals surface area contributed by atoms with E-state index in [1.54, 1.807) is 6.20 Å². The minimum absolute atomic E-state index is 0.586. The molecule has 0 unspecified atom stereocenters. The molecule has 0 saturated carbocycles. The molecule has 0 radical (unpaired) electrons. The zero-order valence-electron chi connectivity index (χ0n) is 22.9. The van der Waals surface area contributed by atoms with Crippen LogP contribution in [0.25, 0.3) is 88.5 Å². The van der Waals surface area contributed by atoms with Gasteiger partial charge in [-0.15, -0.1) is 0 Å². The summed E-state index contributed by atoms with van der Waals surface area (Å²) in [5, 5.41) is 8.92. The Balaban J connectivity index is 1.40. The van der Waals surface area contributed by atoms with Crippen LogP contribution in [-0.2, 0) is 0 Å². The average molecular weight is 551 g/mol. The molecule has 0 aliphatic rings. The van der Waals surface area contributed by atoms with Crippen molar-refractivity contribution < 1.29 is 4.42 Å². The minimum Gasteiger partial charge on any atom is -0.438 e. The number of fused-ring (bicyclic) bond motifs is 8. The monoisotopic (exact) mass is 550 g/mol. The van der Waals surface area contributed by atoms with Crippen LogP contribution in [0.5, 0.6) is 0 Å². The summed E-state index contributed by atoms with van der Waals surface area (Å²) in [6, 6.07) is 43.7.